The van der Waals surface area contributed by atoms with Crippen molar-refractivity contribution in [3.05, 3.63) is 27.4 Å². The van der Waals surface area contributed by atoms with Crippen LogP contribution < -0.4 is 5.32 Å². The van der Waals surface area contributed by atoms with Gasteiger partial charge in [0.1, 0.15) is 4.34 Å². The number of nitrogens with one attached hydrogen (secondary N) is 1. The minimum Gasteiger partial charge on any atom is -0.356 e. The van der Waals surface area contributed by atoms with Crippen molar-refractivity contribution in [2.24, 2.45) is 0 Å². The Balaban J connectivity index is 2.28. The summed E-state index contributed by atoms with van der Waals surface area (Å²) in [6.45, 7) is 2.19. The van der Waals surface area contributed by atoms with Gasteiger partial charge < -0.3 is 5.32 Å². The van der Waals surface area contributed by atoms with E-state index < -0.39 is 0 Å². The van der Waals surface area contributed by atoms with E-state index in [1.54, 1.807) is 0 Å². The summed E-state index contributed by atoms with van der Waals surface area (Å²) in [6.07, 6.45) is 4.80. The first-order valence-electron chi connectivity index (χ1n) is 4.34. The van der Waals surface area contributed by atoms with E-state index >= 15 is 0 Å². The van der Waals surface area contributed by atoms with E-state index in [1.165, 1.54) is 18.3 Å². The van der Waals surface area contributed by atoms with Crippen molar-refractivity contribution >= 4 is 34.9 Å². The Kier molecular flexibility index (Phi) is 4.70. The number of halogens is 1. The van der Waals surface area contributed by atoms with Gasteiger partial charge in [0, 0.05) is 19.0 Å². The number of amides is 1. The summed E-state index contributed by atoms with van der Waals surface area (Å²) in [5, 5.41) is 4.67. The largest absolute Gasteiger partial charge is 0.356 e. The maximum Gasteiger partial charge on any atom is 0.216 e. The van der Waals surface area contributed by atoms with Gasteiger partial charge in [-0.15, -0.1) is 11.3 Å². The predicted octanol–water partition coefficient (Wildman–Crippen LogP) is 2.94. The first kappa shape index (κ1) is 11.3. The fraction of sp³-hybridized carbons (Fsp3) is 0.300. The fourth-order valence-corrected chi connectivity index (χ4v) is 1.85. The molecule has 0 saturated carbocycles. The van der Waals surface area contributed by atoms with E-state index in [2.05, 4.69) is 5.32 Å². The lowest BCUT2D eigenvalue weighted by atomic mass is 10.3. The van der Waals surface area contributed by atoms with Gasteiger partial charge in [-0.2, -0.15) is 0 Å². The lowest BCUT2D eigenvalue weighted by molar-refractivity contribution is -0.118. The van der Waals surface area contributed by atoms with Crippen molar-refractivity contribution in [3.63, 3.8) is 0 Å². The van der Waals surface area contributed by atoms with E-state index in [4.69, 9.17) is 11.6 Å². The third-order valence-corrected chi connectivity index (χ3v) is 2.83. The molecule has 1 heterocycles. The molecule has 1 aromatic heterocycles. The number of carbonyl (C=O) groups excluding carboxylic acids is 1. The lowest BCUT2D eigenvalue weighted by Gasteiger charge is -1.96. The van der Waals surface area contributed by atoms with Crippen molar-refractivity contribution in [3.8, 4) is 0 Å². The highest BCUT2D eigenvalue weighted by atomic mass is 35.5. The Morgan fingerprint density at radius 1 is 1.71 bits per heavy atom. The van der Waals surface area contributed by atoms with Crippen molar-refractivity contribution in [2.45, 2.75) is 13.3 Å². The second-order valence-electron chi connectivity index (χ2n) is 2.82. The van der Waals surface area contributed by atoms with Crippen LogP contribution in [0.15, 0.2) is 17.5 Å². The Morgan fingerprint density at radius 3 is 3.07 bits per heavy atom. The SMILES string of the molecule is CC(=O)NCCC=Cc1ccsc1Cl. The molecule has 14 heavy (non-hydrogen) atoms. The van der Waals surface area contributed by atoms with Crippen LogP contribution in [0, 0.1) is 0 Å². The van der Waals surface area contributed by atoms with Gasteiger partial charge in [0.25, 0.3) is 0 Å². The number of thiophene rings is 1. The van der Waals surface area contributed by atoms with Crippen LogP contribution in [0.3, 0.4) is 0 Å². The molecular weight excluding hydrogens is 218 g/mol. The second-order valence-corrected chi connectivity index (χ2v) is 4.34. The van der Waals surface area contributed by atoms with Gasteiger partial charge in [-0.05, 0) is 17.9 Å². The number of hydrogen-bond donors (Lipinski definition) is 1. The zero-order valence-electron chi connectivity index (χ0n) is 7.92. The highest BCUT2D eigenvalue weighted by Crippen LogP contribution is 2.23. The molecule has 1 N–H and O–H groups in total. The quantitative estimate of drug-likeness (QED) is 0.791. The topological polar surface area (TPSA) is 29.1 Å². The second kappa shape index (κ2) is 5.83. The average Bonchev–Trinajstić information content (AvgIpc) is 2.51. The molecule has 4 heteroatoms. The molecule has 0 radical (unpaired) electrons. The molecule has 1 amide bonds. The summed E-state index contributed by atoms with van der Waals surface area (Å²) >= 11 is 7.42. The summed E-state index contributed by atoms with van der Waals surface area (Å²) < 4.78 is 0.806. The molecule has 0 atom stereocenters. The van der Waals surface area contributed by atoms with Gasteiger partial charge in [-0.1, -0.05) is 23.8 Å². The molecule has 0 saturated heterocycles. The monoisotopic (exact) mass is 229 g/mol. The molecule has 0 spiro atoms. The van der Waals surface area contributed by atoms with E-state index in [9.17, 15) is 4.79 Å². The van der Waals surface area contributed by atoms with Gasteiger partial charge >= 0.3 is 0 Å². The molecule has 0 unspecified atom stereocenters. The summed E-state index contributed by atoms with van der Waals surface area (Å²) in [5.41, 5.74) is 1.04. The third-order valence-electron chi connectivity index (χ3n) is 1.63. The molecule has 0 aliphatic carbocycles. The van der Waals surface area contributed by atoms with Crippen molar-refractivity contribution < 1.29 is 4.79 Å². The molecule has 1 aromatic rings. The number of rotatable bonds is 4. The van der Waals surface area contributed by atoms with Gasteiger partial charge in [-0.3, -0.25) is 4.79 Å². The fourth-order valence-electron chi connectivity index (χ4n) is 0.964. The third kappa shape index (κ3) is 3.94. The molecule has 0 aromatic carbocycles. The van der Waals surface area contributed by atoms with Crippen LogP contribution in [-0.2, 0) is 4.79 Å². The van der Waals surface area contributed by atoms with Crippen LogP contribution in [0.25, 0.3) is 6.08 Å². The van der Waals surface area contributed by atoms with Gasteiger partial charge in [0.15, 0.2) is 0 Å². The van der Waals surface area contributed by atoms with Crippen molar-refractivity contribution in [1.82, 2.24) is 5.32 Å². The standard InChI is InChI=1S/C10H12ClNOS/c1-8(13)12-6-3-2-4-9-5-7-14-10(9)11/h2,4-5,7H,3,6H2,1H3,(H,12,13). The van der Waals surface area contributed by atoms with Crippen LogP contribution in [0.5, 0.6) is 0 Å². The van der Waals surface area contributed by atoms with Gasteiger partial charge in [-0.25, -0.2) is 0 Å². The molecule has 0 bridgehead atoms. The predicted molar refractivity (Wildman–Crippen MR) is 61.7 cm³/mol. The highest BCUT2D eigenvalue weighted by molar-refractivity contribution is 7.14. The summed E-state index contributed by atoms with van der Waals surface area (Å²) in [6, 6.07) is 1.97. The van der Waals surface area contributed by atoms with Crippen LogP contribution in [0.4, 0.5) is 0 Å². The van der Waals surface area contributed by atoms with Crippen LogP contribution >= 0.6 is 22.9 Å². The van der Waals surface area contributed by atoms with Crippen LogP contribution in [0.2, 0.25) is 4.34 Å². The molecule has 0 fully saturated rings. The van der Waals surface area contributed by atoms with E-state index in [0.29, 0.717) is 6.54 Å². The molecular formula is C10H12ClNOS. The van der Waals surface area contributed by atoms with Gasteiger partial charge in [0.2, 0.25) is 5.91 Å². The first-order valence-corrected chi connectivity index (χ1v) is 5.60. The number of carbonyl (C=O) groups is 1. The Hall–Kier alpha value is -0.800. The first-order chi connectivity index (χ1) is 6.70. The van der Waals surface area contributed by atoms with Crippen molar-refractivity contribution in [2.75, 3.05) is 6.54 Å². The van der Waals surface area contributed by atoms with Crippen LogP contribution in [0.1, 0.15) is 18.9 Å². The lowest BCUT2D eigenvalue weighted by Crippen LogP contribution is -2.20. The minimum atomic E-state index is 0.00645. The maximum absolute atomic E-state index is 10.5. The van der Waals surface area contributed by atoms with Crippen LogP contribution in [-0.4, -0.2) is 12.5 Å². The summed E-state index contributed by atoms with van der Waals surface area (Å²) in [5.74, 6) is 0.00645. The summed E-state index contributed by atoms with van der Waals surface area (Å²) in [4.78, 5) is 10.5. The van der Waals surface area contributed by atoms with E-state index in [1.807, 2.05) is 23.6 Å². The van der Waals surface area contributed by atoms with E-state index in [0.717, 1.165) is 16.3 Å². The Morgan fingerprint density at radius 2 is 2.50 bits per heavy atom. The smallest absolute Gasteiger partial charge is 0.216 e. The Labute approximate surface area is 92.6 Å². The zero-order chi connectivity index (χ0) is 10.4. The molecule has 0 aliphatic rings. The Bertz CT molecular complexity index is 333. The number of hydrogen-bond acceptors (Lipinski definition) is 2. The molecule has 2 nitrogen and oxygen atoms in total. The highest BCUT2D eigenvalue weighted by Gasteiger charge is 1.95. The maximum atomic E-state index is 10.5. The summed E-state index contributed by atoms with van der Waals surface area (Å²) in [7, 11) is 0. The zero-order valence-corrected chi connectivity index (χ0v) is 9.49. The minimum absolute atomic E-state index is 0.00645. The van der Waals surface area contributed by atoms with Gasteiger partial charge in [0.05, 0.1) is 0 Å². The average molecular weight is 230 g/mol. The molecule has 1 rings (SSSR count). The molecule has 76 valence electrons. The normalized spacial score (nSPS) is 10.7. The molecule has 0 aliphatic heterocycles. The van der Waals surface area contributed by atoms with Crippen molar-refractivity contribution in [1.29, 1.82) is 0 Å². The van der Waals surface area contributed by atoms with E-state index in [-0.39, 0.29) is 5.91 Å².